The van der Waals surface area contributed by atoms with Crippen LogP contribution in [0.1, 0.15) is 22.5 Å². The number of amides is 2. The zero-order valence-electron chi connectivity index (χ0n) is 15.9. The van der Waals surface area contributed by atoms with Crippen LogP contribution >= 0.6 is 0 Å². The lowest BCUT2D eigenvalue weighted by Crippen LogP contribution is -2.43. The first-order valence-electron chi connectivity index (χ1n) is 9.10. The molecule has 2 heterocycles. The number of benzene rings is 2. The lowest BCUT2D eigenvalue weighted by molar-refractivity contribution is -0.117. The van der Waals surface area contributed by atoms with Gasteiger partial charge in [0, 0.05) is 17.2 Å². The predicted octanol–water partition coefficient (Wildman–Crippen LogP) is 3.80. The highest BCUT2D eigenvalue weighted by Crippen LogP contribution is 2.24. The summed E-state index contributed by atoms with van der Waals surface area (Å²) in [6.45, 7) is 3.61. The number of carbonyl (C=O) groups is 2. The topological polar surface area (TPSA) is 92.9 Å². The van der Waals surface area contributed by atoms with E-state index in [4.69, 9.17) is 9.15 Å². The maximum atomic E-state index is 12.7. The highest BCUT2D eigenvalue weighted by atomic mass is 16.6. The van der Waals surface area contributed by atoms with Gasteiger partial charge in [-0.05, 0) is 25.5 Å². The normalized spacial score (nSPS) is 15.6. The summed E-state index contributed by atoms with van der Waals surface area (Å²) in [6.07, 6.45) is -2.00. The molecule has 7 heteroatoms. The maximum Gasteiger partial charge on any atom is 0.417 e. The van der Waals surface area contributed by atoms with Gasteiger partial charge in [-0.15, -0.1) is 0 Å². The fourth-order valence-corrected chi connectivity index (χ4v) is 3.00. The SMILES string of the molecule is Cc1cc(OC(=O)NC2N=C(c3ccccc3)c3ccccc3NC2=O)oc1C. The average Bonchev–Trinajstić information content (AvgIpc) is 2.95. The Labute approximate surface area is 167 Å². The molecule has 1 aliphatic heterocycles. The third kappa shape index (κ3) is 3.89. The van der Waals surface area contributed by atoms with E-state index in [0.29, 0.717) is 17.2 Å². The summed E-state index contributed by atoms with van der Waals surface area (Å²) in [5, 5.41) is 5.31. The van der Waals surface area contributed by atoms with Crippen LogP contribution in [-0.4, -0.2) is 23.9 Å². The van der Waals surface area contributed by atoms with E-state index in [1.807, 2.05) is 55.5 Å². The van der Waals surface area contributed by atoms with E-state index in [9.17, 15) is 9.59 Å². The number of fused-ring (bicyclic) bond motifs is 1. The molecule has 2 N–H and O–H groups in total. The van der Waals surface area contributed by atoms with Gasteiger partial charge >= 0.3 is 6.09 Å². The number of ether oxygens (including phenoxy) is 1. The minimum absolute atomic E-state index is 0.0575. The van der Waals surface area contributed by atoms with Gasteiger partial charge < -0.3 is 14.5 Å². The third-order valence-electron chi connectivity index (χ3n) is 4.59. The minimum Gasteiger partial charge on any atom is -0.430 e. The monoisotopic (exact) mass is 389 g/mol. The fraction of sp³-hybridized carbons (Fsp3) is 0.136. The second-order valence-electron chi connectivity index (χ2n) is 6.62. The summed E-state index contributed by atoms with van der Waals surface area (Å²) in [5.41, 5.74) is 3.67. The molecule has 1 unspecified atom stereocenters. The number of aliphatic imine (C=N–C) groups is 1. The Balaban J connectivity index is 1.64. The molecular formula is C22H19N3O4. The number of anilines is 1. The average molecular weight is 389 g/mol. The second kappa shape index (κ2) is 7.63. The van der Waals surface area contributed by atoms with Crippen molar-refractivity contribution in [2.75, 3.05) is 5.32 Å². The summed E-state index contributed by atoms with van der Waals surface area (Å²) >= 11 is 0. The molecule has 146 valence electrons. The van der Waals surface area contributed by atoms with Gasteiger partial charge in [-0.25, -0.2) is 9.79 Å². The van der Waals surface area contributed by atoms with Gasteiger partial charge in [-0.3, -0.25) is 10.1 Å². The summed E-state index contributed by atoms with van der Waals surface area (Å²) in [7, 11) is 0. The quantitative estimate of drug-likeness (QED) is 0.713. The van der Waals surface area contributed by atoms with Gasteiger partial charge in [-0.2, -0.15) is 0 Å². The molecule has 1 atom stereocenters. The van der Waals surface area contributed by atoms with E-state index >= 15 is 0 Å². The van der Waals surface area contributed by atoms with E-state index in [0.717, 1.165) is 16.7 Å². The van der Waals surface area contributed by atoms with Crippen molar-refractivity contribution in [2.24, 2.45) is 4.99 Å². The first kappa shape index (κ1) is 18.5. The zero-order chi connectivity index (χ0) is 20.4. The highest BCUT2D eigenvalue weighted by Gasteiger charge is 2.27. The van der Waals surface area contributed by atoms with E-state index in [2.05, 4.69) is 15.6 Å². The van der Waals surface area contributed by atoms with Crippen LogP contribution in [0.4, 0.5) is 10.5 Å². The molecule has 4 rings (SSSR count). The standard InChI is InChI=1S/C22H19N3O4/c1-13-12-18(28-14(13)2)29-22(27)25-20-21(26)23-17-11-7-6-10-16(17)19(24-20)15-8-4-3-5-9-15/h3-12,20H,1-2H3,(H,23,26)(H,25,27). The van der Waals surface area contributed by atoms with Crippen LogP contribution in [0.3, 0.4) is 0 Å². The predicted molar refractivity (Wildman–Crippen MR) is 108 cm³/mol. The number of furan rings is 1. The number of benzodiazepines with no additional fused rings is 1. The summed E-state index contributed by atoms with van der Waals surface area (Å²) < 4.78 is 10.5. The first-order valence-corrected chi connectivity index (χ1v) is 9.10. The lowest BCUT2D eigenvalue weighted by atomic mass is 10.0. The molecule has 3 aromatic rings. The molecule has 0 saturated carbocycles. The molecule has 0 spiro atoms. The van der Waals surface area contributed by atoms with Crippen LogP contribution in [0, 0.1) is 13.8 Å². The number of aryl methyl sites for hydroxylation is 2. The summed E-state index contributed by atoms with van der Waals surface area (Å²) in [6, 6.07) is 18.4. The summed E-state index contributed by atoms with van der Waals surface area (Å²) in [5.74, 6) is 0.244. The number of nitrogens with zero attached hydrogens (tertiary/aromatic N) is 1. The minimum atomic E-state index is -1.16. The largest absolute Gasteiger partial charge is 0.430 e. The zero-order valence-corrected chi connectivity index (χ0v) is 15.9. The number of nitrogens with one attached hydrogen (secondary N) is 2. The van der Waals surface area contributed by atoms with Gasteiger partial charge in [0.1, 0.15) is 5.76 Å². The molecule has 0 bridgehead atoms. The van der Waals surface area contributed by atoms with Gasteiger partial charge in [0.25, 0.3) is 11.9 Å². The van der Waals surface area contributed by atoms with E-state index in [1.54, 1.807) is 19.1 Å². The maximum absolute atomic E-state index is 12.7. The first-order chi connectivity index (χ1) is 14.0. The van der Waals surface area contributed by atoms with Crippen molar-refractivity contribution in [3.63, 3.8) is 0 Å². The summed E-state index contributed by atoms with van der Waals surface area (Å²) in [4.78, 5) is 29.6. The van der Waals surface area contributed by atoms with Crippen LogP contribution in [0.25, 0.3) is 0 Å². The van der Waals surface area contributed by atoms with Crippen molar-refractivity contribution in [2.45, 2.75) is 20.0 Å². The molecule has 1 aliphatic rings. The fourth-order valence-electron chi connectivity index (χ4n) is 3.00. The molecule has 0 saturated heterocycles. The Kier molecular flexibility index (Phi) is 4.87. The van der Waals surface area contributed by atoms with Crippen LogP contribution in [0.15, 0.2) is 70.1 Å². The Morgan fingerprint density at radius 1 is 1.10 bits per heavy atom. The molecule has 2 amide bonds. The number of carbonyl (C=O) groups excluding carboxylic acids is 2. The van der Waals surface area contributed by atoms with Crippen LogP contribution in [0.2, 0.25) is 0 Å². The highest BCUT2D eigenvalue weighted by molar-refractivity contribution is 6.19. The van der Waals surface area contributed by atoms with E-state index in [-0.39, 0.29) is 5.95 Å². The van der Waals surface area contributed by atoms with Crippen molar-refractivity contribution in [3.8, 4) is 5.95 Å². The Morgan fingerprint density at radius 2 is 1.83 bits per heavy atom. The molecule has 7 nitrogen and oxygen atoms in total. The third-order valence-corrected chi connectivity index (χ3v) is 4.59. The van der Waals surface area contributed by atoms with Gasteiger partial charge in [-0.1, -0.05) is 48.5 Å². The molecule has 29 heavy (non-hydrogen) atoms. The van der Waals surface area contributed by atoms with Gasteiger partial charge in [0.15, 0.2) is 0 Å². The molecular weight excluding hydrogens is 370 g/mol. The van der Waals surface area contributed by atoms with Gasteiger partial charge in [0.05, 0.1) is 11.4 Å². The molecule has 0 aliphatic carbocycles. The Morgan fingerprint density at radius 3 is 2.55 bits per heavy atom. The van der Waals surface area contributed by atoms with Crippen molar-refractivity contribution in [3.05, 3.63) is 83.1 Å². The van der Waals surface area contributed by atoms with E-state index in [1.165, 1.54) is 0 Å². The lowest BCUT2D eigenvalue weighted by Gasteiger charge is -2.12. The molecule has 0 fully saturated rings. The van der Waals surface area contributed by atoms with Crippen molar-refractivity contribution < 1.29 is 18.7 Å². The van der Waals surface area contributed by atoms with Crippen LogP contribution in [-0.2, 0) is 4.79 Å². The number of hydrogen-bond donors (Lipinski definition) is 2. The number of hydrogen-bond acceptors (Lipinski definition) is 5. The second-order valence-corrected chi connectivity index (χ2v) is 6.62. The Hall–Kier alpha value is -3.87. The Bertz CT molecular complexity index is 1080. The van der Waals surface area contributed by atoms with Gasteiger partial charge in [0.2, 0.25) is 6.17 Å². The van der Waals surface area contributed by atoms with Crippen molar-refractivity contribution in [1.29, 1.82) is 0 Å². The molecule has 0 radical (unpaired) electrons. The van der Waals surface area contributed by atoms with Crippen LogP contribution < -0.4 is 15.4 Å². The smallest absolute Gasteiger partial charge is 0.417 e. The number of rotatable bonds is 3. The van der Waals surface area contributed by atoms with Crippen LogP contribution in [0.5, 0.6) is 5.95 Å². The van der Waals surface area contributed by atoms with Crippen molar-refractivity contribution in [1.82, 2.24) is 5.32 Å². The van der Waals surface area contributed by atoms with Crippen molar-refractivity contribution >= 4 is 23.4 Å². The number of para-hydroxylation sites is 1. The molecule has 1 aromatic heterocycles. The van der Waals surface area contributed by atoms with E-state index < -0.39 is 18.2 Å². The molecule has 2 aromatic carbocycles.